The molecule has 0 aliphatic rings. The molecule has 0 aliphatic heterocycles. The maximum atomic E-state index is 12.5. The van der Waals surface area contributed by atoms with Crippen molar-refractivity contribution in [3.05, 3.63) is 20.8 Å². The van der Waals surface area contributed by atoms with Crippen LogP contribution in [0.4, 0.5) is 5.82 Å². The number of anilines is 1. The van der Waals surface area contributed by atoms with Crippen LogP contribution in [0.15, 0.2) is 9.59 Å². The molecule has 0 spiro atoms. The standard InChI is InChI=1S/C14H22ClN5O2/c1-3-5-6-8-19-12-10(11(16)20(17-12)9-7-15)13(21)18(4-2)14(19)22/h3-9,16H2,1-2H3. The fraction of sp³-hybridized carbons (Fsp3) is 0.643. The van der Waals surface area contributed by atoms with Gasteiger partial charge in [-0.25, -0.2) is 9.48 Å². The highest BCUT2D eigenvalue weighted by molar-refractivity contribution is 6.17. The Kier molecular flexibility index (Phi) is 5.28. The molecule has 0 bridgehead atoms. The first-order valence-corrected chi connectivity index (χ1v) is 8.15. The SMILES string of the molecule is CCCCCn1c(=O)n(CC)c(=O)c2c(N)n(CCCl)nc21. The highest BCUT2D eigenvalue weighted by Gasteiger charge is 2.19. The van der Waals surface area contributed by atoms with Gasteiger partial charge in [0.05, 0.1) is 6.54 Å². The lowest BCUT2D eigenvalue weighted by Crippen LogP contribution is -2.39. The summed E-state index contributed by atoms with van der Waals surface area (Å²) in [5.74, 6) is 0.604. The Morgan fingerprint density at radius 2 is 1.86 bits per heavy atom. The van der Waals surface area contributed by atoms with E-state index in [1.165, 1.54) is 9.25 Å². The first-order chi connectivity index (χ1) is 10.6. The van der Waals surface area contributed by atoms with Crippen LogP contribution in [0.25, 0.3) is 11.0 Å². The zero-order chi connectivity index (χ0) is 16.3. The first kappa shape index (κ1) is 16.6. The molecule has 2 rings (SSSR count). The van der Waals surface area contributed by atoms with Crippen molar-refractivity contribution in [1.29, 1.82) is 0 Å². The summed E-state index contributed by atoms with van der Waals surface area (Å²) in [5, 5.41) is 4.64. The molecule has 8 heteroatoms. The van der Waals surface area contributed by atoms with Crippen molar-refractivity contribution in [3.63, 3.8) is 0 Å². The van der Waals surface area contributed by atoms with E-state index in [0.29, 0.717) is 36.5 Å². The van der Waals surface area contributed by atoms with Crippen LogP contribution in [0.2, 0.25) is 0 Å². The minimum atomic E-state index is -0.382. The van der Waals surface area contributed by atoms with Gasteiger partial charge in [0.25, 0.3) is 5.56 Å². The molecule has 7 nitrogen and oxygen atoms in total. The molecule has 0 saturated carbocycles. The summed E-state index contributed by atoms with van der Waals surface area (Å²) in [6.07, 6.45) is 2.92. The number of alkyl halides is 1. The molecule has 2 heterocycles. The Hall–Kier alpha value is -1.76. The van der Waals surface area contributed by atoms with Crippen LogP contribution in [0.1, 0.15) is 33.1 Å². The lowest BCUT2D eigenvalue weighted by molar-refractivity contribution is 0.546. The summed E-state index contributed by atoms with van der Waals surface area (Å²) in [7, 11) is 0. The fourth-order valence-corrected chi connectivity index (χ4v) is 2.73. The largest absolute Gasteiger partial charge is 0.383 e. The predicted octanol–water partition coefficient (Wildman–Crippen LogP) is 1.39. The van der Waals surface area contributed by atoms with E-state index >= 15 is 0 Å². The number of nitrogens with zero attached hydrogens (tertiary/aromatic N) is 4. The molecule has 0 unspecified atom stereocenters. The summed E-state index contributed by atoms with van der Waals surface area (Å²) in [6.45, 7) is 5.10. The van der Waals surface area contributed by atoms with E-state index < -0.39 is 0 Å². The van der Waals surface area contributed by atoms with E-state index in [9.17, 15) is 9.59 Å². The van der Waals surface area contributed by atoms with Crippen molar-refractivity contribution in [2.45, 2.75) is 52.7 Å². The Balaban J connectivity index is 2.72. The first-order valence-electron chi connectivity index (χ1n) is 7.62. The van der Waals surface area contributed by atoms with Crippen LogP contribution in [0.5, 0.6) is 0 Å². The van der Waals surface area contributed by atoms with Crippen molar-refractivity contribution in [3.8, 4) is 0 Å². The predicted molar refractivity (Wildman–Crippen MR) is 88.6 cm³/mol. The number of rotatable bonds is 7. The minimum Gasteiger partial charge on any atom is -0.383 e. The molecule has 0 aromatic carbocycles. The number of hydrogen-bond acceptors (Lipinski definition) is 4. The van der Waals surface area contributed by atoms with E-state index in [1.54, 1.807) is 11.5 Å². The Bertz CT molecular complexity index is 774. The smallest absolute Gasteiger partial charge is 0.332 e. The molecule has 0 fully saturated rings. The number of nitrogens with two attached hydrogens (primary N) is 1. The van der Waals surface area contributed by atoms with E-state index in [4.69, 9.17) is 17.3 Å². The van der Waals surface area contributed by atoms with Gasteiger partial charge in [0.2, 0.25) is 0 Å². The second-order valence-electron chi connectivity index (χ2n) is 5.19. The van der Waals surface area contributed by atoms with Crippen LogP contribution in [-0.4, -0.2) is 24.8 Å². The molecule has 0 atom stereocenters. The lowest BCUT2D eigenvalue weighted by atomic mass is 10.2. The van der Waals surface area contributed by atoms with E-state index in [1.807, 2.05) is 0 Å². The van der Waals surface area contributed by atoms with Crippen LogP contribution in [-0.2, 0) is 19.6 Å². The maximum absolute atomic E-state index is 12.5. The molecule has 0 aliphatic carbocycles. The zero-order valence-corrected chi connectivity index (χ0v) is 13.8. The average Bonchev–Trinajstić information content (AvgIpc) is 2.81. The number of unbranched alkanes of at least 4 members (excludes halogenated alkanes) is 2. The van der Waals surface area contributed by atoms with Gasteiger partial charge in [-0.05, 0) is 13.3 Å². The summed E-state index contributed by atoms with van der Waals surface area (Å²) in [6, 6.07) is 0. The topological polar surface area (TPSA) is 87.8 Å². The number of halogens is 1. The fourth-order valence-electron chi connectivity index (χ4n) is 2.56. The zero-order valence-electron chi connectivity index (χ0n) is 13.0. The van der Waals surface area contributed by atoms with Crippen molar-refractivity contribution in [2.24, 2.45) is 0 Å². The van der Waals surface area contributed by atoms with Gasteiger partial charge >= 0.3 is 5.69 Å². The number of aromatic nitrogens is 4. The molecule has 122 valence electrons. The number of aryl methyl sites for hydroxylation is 2. The van der Waals surface area contributed by atoms with E-state index in [2.05, 4.69) is 12.0 Å². The molecule has 2 aromatic rings. The van der Waals surface area contributed by atoms with Gasteiger partial charge in [0.15, 0.2) is 5.65 Å². The molecule has 22 heavy (non-hydrogen) atoms. The van der Waals surface area contributed by atoms with Gasteiger partial charge in [0.1, 0.15) is 11.2 Å². The molecule has 2 aromatic heterocycles. The van der Waals surface area contributed by atoms with Crippen LogP contribution in [0.3, 0.4) is 0 Å². The monoisotopic (exact) mass is 327 g/mol. The second kappa shape index (κ2) is 7.00. The molecule has 2 N–H and O–H groups in total. The van der Waals surface area contributed by atoms with Gasteiger partial charge in [-0.1, -0.05) is 19.8 Å². The summed E-state index contributed by atoms with van der Waals surface area (Å²) in [5.41, 5.74) is 5.69. The maximum Gasteiger partial charge on any atom is 0.332 e. The quantitative estimate of drug-likeness (QED) is 0.615. The Labute approximate surface area is 133 Å². The highest BCUT2D eigenvalue weighted by Crippen LogP contribution is 2.16. The normalized spacial score (nSPS) is 11.4. The van der Waals surface area contributed by atoms with Crippen LogP contribution >= 0.6 is 11.6 Å². The average molecular weight is 328 g/mol. The van der Waals surface area contributed by atoms with Gasteiger partial charge < -0.3 is 5.73 Å². The number of fused-ring (bicyclic) bond motifs is 1. The molecular weight excluding hydrogens is 306 g/mol. The third-order valence-corrected chi connectivity index (χ3v) is 3.92. The van der Waals surface area contributed by atoms with Gasteiger partial charge in [-0.15, -0.1) is 11.6 Å². The van der Waals surface area contributed by atoms with Crippen molar-refractivity contribution >= 4 is 28.5 Å². The molecular formula is C14H22ClN5O2. The summed E-state index contributed by atoms with van der Waals surface area (Å²) in [4.78, 5) is 25.0. The van der Waals surface area contributed by atoms with E-state index in [0.717, 1.165) is 19.3 Å². The summed E-state index contributed by atoms with van der Waals surface area (Å²) >= 11 is 5.74. The Morgan fingerprint density at radius 3 is 2.45 bits per heavy atom. The van der Waals surface area contributed by atoms with Gasteiger partial charge in [-0.2, -0.15) is 5.10 Å². The van der Waals surface area contributed by atoms with Crippen LogP contribution in [0, 0.1) is 0 Å². The van der Waals surface area contributed by atoms with Gasteiger partial charge in [0, 0.05) is 19.0 Å². The molecule has 0 saturated heterocycles. The van der Waals surface area contributed by atoms with E-state index in [-0.39, 0.29) is 17.1 Å². The third kappa shape index (κ3) is 2.77. The van der Waals surface area contributed by atoms with Crippen molar-refractivity contribution in [2.75, 3.05) is 11.6 Å². The minimum absolute atomic E-state index is 0.270. The number of hydrogen-bond donors (Lipinski definition) is 1. The lowest BCUT2D eigenvalue weighted by Gasteiger charge is -2.09. The third-order valence-electron chi connectivity index (χ3n) is 3.75. The number of nitrogen functional groups attached to an aromatic ring is 1. The molecule has 0 radical (unpaired) electrons. The van der Waals surface area contributed by atoms with Gasteiger partial charge in [-0.3, -0.25) is 13.9 Å². The highest BCUT2D eigenvalue weighted by atomic mass is 35.5. The van der Waals surface area contributed by atoms with Crippen molar-refractivity contribution < 1.29 is 0 Å². The molecule has 0 amide bonds. The summed E-state index contributed by atoms with van der Waals surface area (Å²) < 4.78 is 4.25. The second-order valence-corrected chi connectivity index (χ2v) is 5.56. The Morgan fingerprint density at radius 1 is 1.14 bits per heavy atom. The van der Waals surface area contributed by atoms with Crippen molar-refractivity contribution in [1.82, 2.24) is 18.9 Å². The van der Waals surface area contributed by atoms with Crippen LogP contribution < -0.4 is 17.0 Å².